The van der Waals surface area contributed by atoms with Crippen LogP contribution in [0, 0.1) is 0 Å². The second kappa shape index (κ2) is 7.59. The molecule has 0 bridgehead atoms. The van der Waals surface area contributed by atoms with Gasteiger partial charge in [-0.05, 0) is 25.6 Å². The van der Waals surface area contributed by atoms with Crippen LogP contribution in [-0.4, -0.2) is 40.7 Å². The van der Waals surface area contributed by atoms with Crippen molar-refractivity contribution in [3.8, 4) is 11.4 Å². The van der Waals surface area contributed by atoms with Gasteiger partial charge in [-0.15, -0.1) is 0 Å². The first kappa shape index (κ1) is 17.2. The molecule has 1 aliphatic heterocycles. The van der Waals surface area contributed by atoms with E-state index in [2.05, 4.69) is 25.7 Å². The molecule has 138 valence electrons. The lowest BCUT2D eigenvalue weighted by Crippen LogP contribution is -2.39. The SMILES string of the molecule is CN1C[C@@H](NC(=O)Nc2ccccc2)C[C@H]1c1nc(-c2ccccc2)no1. The maximum Gasteiger partial charge on any atom is 0.319 e. The lowest BCUT2D eigenvalue weighted by Gasteiger charge is -2.14. The molecule has 1 aliphatic rings. The predicted octanol–water partition coefficient (Wildman–Crippen LogP) is 3.30. The van der Waals surface area contributed by atoms with Gasteiger partial charge >= 0.3 is 6.03 Å². The van der Waals surface area contributed by atoms with E-state index in [-0.39, 0.29) is 18.1 Å². The summed E-state index contributed by atoms with van der Waals surface area (Å²) < 4.78 is 5.49. The van der Waals surface area contributed by atoms with E-state index in [0.717, 1.165) is 24.2 Å². The molecule has 0 aliphatic carbocycles. The summed E-state index contributed by atoms with van der Waals surface area (Å²) in [6.45, 7) is 0.718. The van der Waals surface area contributed by atoms with Crippen molar-refractivity contribution in [2.45, 2.75) is 18.5 Å². The fourth-order valence-electron chi connectivity index (χ4n) is 3.34. The standard InChI is InChI=1S/C20H21N5O2/c1-25-13-16(22-20(26)21-15-10-6-3-7-11-15)12-17(25)19-23-18(24-27-19)14-8-4-2-5-9-14/h2-11,16-17H,12-13H2,1H3,(H2,21,22,26)/t16-,17-/m0/s1. The Bertz CT molecular complexity index is 897. The molecule has 0 spiro atoms. The van der Waals surface area contributed by atoms with Gasteiger partial charge in [0.25, 0.3) is 0 Å². The molecule has 1 aromatic heterocycles. The van der Waals surface area contributed by atoms with Crippen LogP contribution in [-0.2, 0) is 0 Å². The van der Waals surface area contributed by atoms with Gasteiger partial charge in [-0.2, -0.15) is 4.98 Å². The summed E-state index contributed by atoms with van der Waals surface area (Å²) in [6, 6.07) is 18.9. The fraction of sp³-hybridized carbons (Fsp3) is 0.250. The maximum absolute atomic E-state index is 12.2. The normalized spacial score (nSPS) is 19.7. The number of carbonyl (C=O) groups excluding carboxylic acids is 1. The number of hydrogen-bond donors (Lipinski definition) is 2. The van der Waals surface area contributed by atoms with E-state index in [1.807, 2.05) is 67.7 Å². The minimum Gasteiger partial charge on any atom is -0.337 e. The van der Waals surface area contributed by atoms with E-state index in [9.17, 15) is 4.79 Å². The van der Waals surface area contributed by atoms with E-state index in [0.29, 0.717) is 11.7 Å². The van der Waals surface area contributed by atoms with Crippen LogP contribution in [0.4, 0.5) is 10.5 Å². The highest BCUT2D eigenvalue weighted by molar-refractivity contribution is 5.89. The number of amides is 2. The number of rotatable bonds is 4. The van der Waals surface area contributed by atoms with E-state index in [4.69, 9.17) is 4.52 Å². The zero-order valence-corrected chi connectivity index (χ0v) is 15.0. The molecule has 2 atom stereocenters. The molecule has 0 unspecified atom stereocenters. The summed E-state index contributed by atoms with van der Waals surface area (Å²) in [5.41, 5.74) is 1.69. The number of para-hydroxylation sites is 1. The van der Waals surface area contributed by atoms with Gasteiger partial charge in [-0.25, -0.2) is 4.79 Å². The zero-order chi connectivity index (χ0) is 18.6. The first-order chi connectivity index (χ1) is 13.2. The van der Waals surface area contributed by atoms with Crippen molar-refractivity contribution < 1.29 is 9.32 Å². The van der Waals surface area contributed by atoms with E-state index in [1.165, 1.54) is 0 Å². The first-order valence-electron chi connectivity index (χ1n) is 8.91. The highest BCUT2D eigenvalue weighted by Crippen LogP contribution is 2.30. The van der Waals surface area contributed by atoms with Gasteiger partial charge in [0.2, 0.25) is 11.7 Å². The third-order valence-electron chi connectivity index (χ3n) is 4.67. The largest absolute Gasteiger partial charge is 0.337 e. The quantitative estimate of drug-likeness (QED) is 0.743. The monoisotopic (exact) mass is 363 g/mol. The summed E-state index contributed by atoms with van der Waals surface area (Å²) >= 11 is 0. The Morgan fingerprint density at radius 1 is 1.11 bits per heavy atom. The van der Waals surface area contributed by atoms with Crippen molar-refractivity contribution in [3.05, 3.63) is 66.6 Å². The van der Waals surface area contributed by atoms with Crippen LogP contribution in [0.25, 0.3) is 11.4 Å². The van der Waals surface area contributed by atoms with Gasteiger partial charge in [0, 0.05) is 23.8 Å². The smallest absolute Gasteiger partial charge is 0.319 e. The van der Waals surface area contributed by atoms with Crippen LogP contribution in [0.1, 0.15) is 18.4 Å². The topological polar surface area (TPSA) is 83.3 Å². The third kappa shape index (κ3) is 3.98. The predicted molar refractivity (Wildman–Crippen MR) is 102 cm³/mol. The Morgan fingerprint density at radius 2 is 1.81 bits per heavy atom. The van der Waals surface area contributed by atoms with Crippen molar-refractivity contribution in [1.82, 2.24) is 20.4 Å². The molecule has 2 amide bonds. The van der Waals surface area contributed by atoms with Gasteiger partial charge in [0.05, 0.1) is 6.04 Å². The average Bonchev–Trinajstić information content (AvgIpc) is 3.30. The Balaban J connectivity index is 1.38. The summed E-state index contributed by atoms with van der Waals surface area (Å²) in [7, 11) is 1.99. The van der Waals surface area contributed by atoms with Crippen molar-refractivity contribution in [3.63, 3.8) is 0 Å². The molecule has 7 nitrogen and oxygen atoms in total. The molecule has 1 saturated heterocycles. The molecule has 3 aromatic rings. The number of nitrogens with one attached hydrogen (secondary N) is 2. The number of nitrogens with zero attached hydrogens (tertiary/aromatic N) is 3. The molecule has 27 heavy (non-hydrogen) atoms. The molecule has 1 fully saturated rings. The number of likely N-dealkylation sites (tertiary alicyclic amines) is 1. The molecule has 0 radical (unpaired) electrons. The average molecular weight is 363 g/mol. The third-order valence-corrected chi connectivity index (χ3v) is 4.67. The molecule has 4 rings (SSSR count). The molecule has 2 aromatic carbocycles. The molecule has 0 saturated carbocycles. The summed E-state index contributed by atoms with van der Waals surface area (Å²) in [6.07, 6.45) is 0.717. The summed E-state index contributed by atoms with van der Waals surface area (Å²) in [5.74, 6) is 1.15. The minimum absolute atomic E-state index is 0.00999. The lowest BCUT2D eigenvalue weighted by molar-refractivity contribution is 0.243. The number of hydrogen-bond acceptors (Lipinski definition) is 5. The molecular weight excluding hydrogens is 342 g/mol. The van der Waals surface area contributed by atoms with Gasteiger partial charge in [-0.3, -0.25) is 4.90 Å². The van der Waals surface area contributed by atoms with Crippen molar-refractivity contribution in [1.29, 1.82) is 0 Å². The molecule has 7 heteroatoms. The summed E-state index contributed by atoms with van der Waals surface area (Å²) in [5, 5.41) is 9.95. The van der Waals surface area contributed by atoms with Crippen molar-refractivity contribution in [2.75, 3.05) is 18.9 Å². The van der Waals surface area contributed by atoms with Gasteiger partial charge in [-0.1, -0.05) is 53.7 Å². The van der Waals surface area contributed by atoms with Crippen molar-refractivity contribution >= 4 is 11.7 Å². The second-order valence-corrected chi connectivity index (χ2v) is 6.67. The van der Waals surface area contributed by atoms with Crippen LogP contribution in [0.3, 0.4) is 0 Å². The van der Waals surface area contributed by atoms with Gasteiger partial charge < -0.3 is 15.2 Å². The molecule has 2 N–H and O–H groups in total. The fourth-order valence-corrected chi connectivity index (χ4v) is 3.34. The maximum atomic E-state index is 12.2. The number of benzene rings is 2. The highest BCUT2D eigenvalue weighted by atomic mass is 16.5. The Morgan fingerprint density at radius 3 is 2.56 bits per heavy atom. The van der Waals surface area contributed by atoms with Crippen LogP contribution in [0.15, 0.2) is 65.2 Å². The Hall–Kier alpha value is -3.19. The van der Waals surface area contributed by atoms with Crippen LogP contribution in [0.2, 0.25) is 0 Å². The summed E-state index contributed by atoms with van der Waals surface area (Å²) in [4.78, 5) is 18.9. The van der Waals surface area contributed by atoms with E-state index in [1.54, 1.807) is 0 Å². The number of carbonyl (C=O) groups is 1. The van der Waals surface area contributed by atoms with Crippen LogP contribution >= 0.6 is 0 Å². The lowest BCUT2D eigenvalue weighted by atomic mass is 10.1. The van der Waals surface area contributed by atoms with Crippen molar-refractivity contribution in [2.24, 2.45) is 0 Å². The van der Waals surface area contributed by atoms with E-state index < -0.39 is 0 Å². The van der Waals surface area contributed by atoms with E-state index >= 15 is 0 Å². The molecule has 2 heterocycles. The van der Waals surface area contributed by atoms with Gasteiger partial charge in [0.15, 0.2) is 0 Å². The number of aromatic nitrogens is 2. The van der Waals surface area contributed by atoms with Crippen LogP contribution in [0.5, 0.6) is 0 Å². The molecular formula is C20H21N5O2. The Kier molecular flexibility index (Phi) is 4.84. The Labute approximate surface area is 157 Å². The first-order valence-corrected chi connectivity index (χ1v) is 8.91. The second-order valence-electron chi connectivity index (χ2n) is 6.67. The number of urea groups is 1. The zero-order valence-electron chi connectivity index (χ0n) is 15.0. The van der Waals surface area contributed by atoms with Crippen LogP contribution < -0.4 is 10.6 Å². The van der Waals surface area contributed by atoms with Gasteiger partial charge in [0.1, 0.15) is 0 Å². The highest BCUT2D eigenvalue weighted by Gasteiger charge is 2.35. The number of likely N-dealkylation sites (N-methyl/N-ethyl adjacent to an activating group) is 1. The minimum atomic E-state index is -0.212. The number of anilines is 1.